The van der Waals surface area contributed by atoms with Crippen molar-refractivity contribution in [1.82, 2.24) is 4.57 Å². The zero-order valence-corrected chi connectivity index (χ0v) is 12.8. The number of hydrogen-bond acceptors (Lipinski definition) is 1. The van der Waals surface area contributed by atoms with Gasteiger partial charge in [-0.05, 0) is 18.1 Å². The van der Waals surface area contributed by atoms with Gasteiger partial charge >= 0.3 is 0 Å². The molecule has 1 aromatic carbocycles. The first-order valence-electron chi connectivity index (χ1n) is 7.44. The van der Waals surface area contributed by atoms with E-state index < -0.39 is 0 Å². The molecule has 3 nitrogen and oxygen atoms in total. The largest absolute Gasteiger partial charge is 0.357 e. The van der Waals surface area contributed by atoms with Crippen LogP contribution in [0, 0.1) is 5.41 Å². The number of aromatic nitrogens is 1. The fourth-order valence-corrected chi connectivity index (χ4v) is 2.87. The summed E-state index contributed by atoms with van der Waals surface area (Å²) in [5.74, 6) is 0.186. The van der Waals surface area contributed by atoms with Gasteiger partial charge in [0.1, 0.15) is 0 Å². The number of rotatable bonds is 5. The lowest BCUT2D eigenvalue weighted by molar-refractivity contribution is -0.366. The highest BCUT2D eigenvalue weighted by Crippen LogP contribution is 2.29. The third-order valence-electron chi connectivity index (χ3n) is 3.91. The van der Waals surface area contributed by atoms with E-state index >= 15 is 0 Å². The van der Waals surface area contributed by atoms with Gasteiger partial charge in [0.15, 0.2) is 0 Å². The molecule has 0 bridgehead atoms. The first-order valence-corrected chi connectivity index (χ1v) is 7.44. The zero-order valence-electron chi connectivity index (χ0n) is 12.8. The van der Waals surface area contributed by atoms with Crippen molar-refractivity contribution in [3.8, 4) is 0 Å². The molecule has 0 aliphatic carbocycles. The molecule has 0 saturated heterocycles. The van der Waals surface area contributed by atoms with E-state index in [9.17, 15) is 4.79 Å². The van der Waals surface area contributed by atoms with Crippen LogP contribution < -0.4 is 5.73 Å². The summed E-state index contributed by atoms with van der Waals surface area (Å²) < 4.78 is 1.84. The number of fused-ring (bicyclic) bond motifs is 1. The first kappa shape index (κ1) is 14.8. The molecule has 2 rings (SSSR count). The summed E-state index contributed by atoms with van der Waals surface area (Å²) in [7, 11) is 0. The number of nitrogens with zero attached hydrogens (tertiary/aromatic N) is 1. The number of para-hydroxylation sites is 1. The van der Waals surface area contributed by atoms with E-state index in [1.807, 2.05) is 42.8 Å². The SMILES string of the molecule is CCCC(C)(C)C(=O)n1cc(CC[NH3+])c2ccccc21. The molecule has 2 aromatic rings. The molecule has 0 saturated carbocycles. The standard InChI is InChI=1S/C17H24N2O/c1-4-10-17(2,3)16(20)19-12-13(9-11-18)14-7-5-6-8-15(14)19/h5-8,12H,4,9-11,18H2,1-3H3/p+1. The molecule has 1 heterocycles. The fraction of sp³-hybridized carbons (Fsp3) is 0.471. The van der Waals surface area contributed by atoms with Crippen molar-refractivity contribution in [2.75, 3.05) is 6.54 Å². The van der Waals surface area contributed by atoms with E-state index in [-0.39, 0.29) is 11.3 Å². The lowest BCUT2D eigenvalue weighted by atomic mass is 9.87. The van der Waals surface area contributed by atoms with Gasteiger partial charge in [0, 0.05) is 23.4 Å². The Kier molecular flexibility index (Phi) is 4.29. The van der Waals surface area contributed by atoms with E-state index in [1.54, 1.807) is 0 Å². The third kappa shape index (κ3) is 2.63. The molecule has 0 radical (unpaired) electrons. The number of carbonyl (C=O) groups excluding carboxylic acids is 1. The van der Waals surface area contributed by atoms with Crippen LogP contribution in [0.25, 0.3) is 10.9 Å². The molecule has 0 aliphatic rings. The van der Waals surface area contributed by atoms with Crippen molar-refractivity contribution in [2.45, 2.75) is 40.0 Å². The van der Waals surface area contributed by atoms with Gasteiger partial charge in [0.2, 0.25) is 5.91 Å². The maximum atomic E-state index is 12.8. The summed E-state index contributed by atoms with van der Waals surface area (Å²) in [6.07, 6.45) is 4.84. The Labute approximate surface area is 120 Å². The van der Waals surface area contributed by atoms with Crippen molar-refractivity contribution in [1.29, 1.82) is 0 Å². The minimum absolute atomic E-state index is 0.186. The third-order valence-corrected chi connectivity index (χ3v) is 3.91. The lowest BCUT2D eigenvalue weighted by Crippen LogP contribution is -2.51. The molecule has 0 unspecified atom stereocenters. The van der Waals surface area contributed by atoms with E-state index in [4.69, 9.17) is 0 Å². The Balaban J connectivity index is 2.52. The highest BCUT2D eigenvalue weighted by molar-refractivity contribution is 5.96. The average Bonchev–Trinajstić information content (AvgIpc) is 2.77. The van der Waals surface area contributed by atoms with Crippen LogP contribution in [-0.2, 0) is 6.42 Å². The Hall–Kier alpha value is -1.61. The zero-order chi connectivity index (χ0) is 14.8. The van der Waals surface area contributed by atoms with Gasteiger partial charge in [0.25, 0.3) is 0 Å². The number of benzene rings is 1. The van der Waals surface area contributed by atoms with Crippen molar-refractivity contribution < 1.29 is 10.5 Å². The second-order valence-electron chi connectivity index (χ2n) is 6.08. The normalized spacial score (nSPS) is 12.0. The second kappa shape index (κ2) is 5.80. The molecule has 3 heteroatoms. The molecule has 0 amide bonds. The monoisotopic (exact) mass is 273 g/mol. The summed E-state index contributed by atoms with van der Waals surface area (Å²) in [6, 6.07) is 8.15. The molecule has 0 fully saturated rings. The molecule has 0 aliphatic heterocycles. The van der Waals surface area contributed by atoms with E-state index in [0.717, 1.165) is 31.3 Å². The predicted molar refractivity (Wildman–Crippen MR) is 82.7 cm³/mol. The van der Waals surface area contributed by atoms with Crippen LogP contribution in [-0.4, -0.2) is 17.0 Å². The highest BCUT2D eigenvalue weighted by atomic mass is 16.2. The molecule has 1 aromatic heterocycles. The molecule has 108 valence electrons. The Morgan fingerprint density at radius 2 is 2.00 bits per heavy atom. The van der Waals surface area contributed by atoms with Crippen molar-refractivity contribution >= 4 is 16.8 Å². The van der Waals surface area contributed by atoms with Crippen LogP contribution in [0.15, 0.2) is 30.5 Å². The topological polar surface area (TPSA) is 49.6 Å². The summed E-state index contributed by atoms with van der Waals surface area (Å²) in [6.45, 7) is 7.04. The summed E-state index contributed by atoms with van der Waals surface area (Å²) in [5.41, 5.74) is 5.84. The van der Waals surface area contributed by atoms with Gasteiger partial charge < -0.3 is 5.73 Å². The molecule has 3 N–H and O–H groups in total. The van der Waals surface area contributed by atoms with Crippen molar-refractivity contribution in [3.05, 3.63) is 36.0 Å². The van der Waals surface area contributed by atoms with Gasteiger partial charge in [-0.25, -0.2) is 0 Å². The molecule has 0 spiro atoms. The van der Waals surface area contributed by atoms with Crippen molar-refractivity contribution in [3.63, 3.8) is 0 Å². The number of hydrogen-bond donors (Lipinski definition) is 1. The maximum absolute atomic E-state index is 12.8. The minimum Gasteiger partial charge on any atom is -0.357 e. The van der Waals surface area contributed by atoms with Crippen LogP contribution >= 0.6 is 0 Å². The quantitative estimate of drug-likeness (QED) is 0.894. The van der Waals surface area contributed by atoms with E-state index in [2.05, 4.69) is 18.7 Å². The van der Waals surface area contributed by atoms with Gasteiger partial charge in [-0.1, -0.05) is 45.4 Å². The summed E-state index contributed by atoms with van der Waals surface area (Å²) in [4.78, 5) is 12.8. The van der Waals surface area contributed by atoms with Gasteiger partial charge in [0.05, 0.1) is 12.1 Å². The van der Waals surface area contributed by atoms with Crippen LogP contribution in [0.2, 0.25) is 0 Å². The van der Waals surface area contributed by atoms with E-state index in [0.29, 0.717) is 0 Å². The summed E-state index contributed by atoms with van der Waals surface area (Å²) in [5, 5.41) is 1.18. The fourth-order valence-electron chi connectivity index (χ4n) is 2.87. The number of carbonyl (C=O) groups is 1. The Morgan fingerprint density at radius 1 is 1.30 bits per heavy atom. The van der Waals surface area contributed by atoms with Crippen LogP contribution in [0.3, 0.4) is 0 Å². The highest BCUT2D eigenvalue weighted by Gasteiger charge is 2.29. The Morgan fingerprint density at radius 3 is 2.65 bits per heavy atom. The smallest absolute Gasteiger partial charge is 0.236 e. The minimum atomic E-state index is -0.321. The van der Waals surface area contributed by atoms with Gasteiger partial charge in [-0.3, -0.25) is 9.36 Å². The maximum Gasteiger partial charge on any atom is 0.236 e. The lowest BCUT2D eigenvalue weighted by Gasteiger charge is -2.23. The van der Waals surface area contributed by atoms with Crippen molar-refractivity contribution in [2.24, 2.45) is 5.41 Å². The van der Waals surface area contributed by atoms with Gasteiger partial charge in [-0.2, -0.15) is 0 Å². The second-order valence-corrected chi connectivity index (χ2v) is 6.08. The summed E-state index contributed by atoms with van der Waals surface area (Å²) >= 11 is 0. The first-order chi connectivity index (χ1) is 9.51. The molecule has 0 atom stereocenters. The molecular formula is C17H25N2O+. The average molecular weight is 273 g/mol. The van der Waals surface area contributed by atoms with E-state index in [1.165, 1.54) is 10.9 Å². The van der Waals surface area contributed by atoms with Gasteiger partial charge in [-0.15, -0.1) is 0 Å². The van der Waals surface area contributed by atoms with Crippen LogP contribution in [0.5, 0.6) is 0 Å². The van der Waals surface area contributed by atoms with Crippen LogP contribution in [0.1, 0.15) is 44.0 Å². The number of quaternary nitrogens is 1. The Bertz CT molecular complexity index is 610. The molecular weight excluding hydrogens is 248 g/mol. The molecule has 20 heavy (non-hydrogen) atoms. The van der Waals surface area contributed by atoms with Crippen LogP contribution in [0.4, 0.5) is 0 Å². The predicted octanol–water partition coefficient (Wildman–Crippen LogP) is 2.89.